The van der Waals surface area contributed by atoms with Gasteiger partial charge < -0.3 is 0 Å². The van der Waals surface area contributed by atoms with E-state index in [1.54, 1.807) is 0 Å². The first kappa shape index (κ1) is 21.4. The Morgan fingerprint density at radius 1 is 0.545 bits per heavy atom. The average Bonchev–Trinajstić information content (AvgIpc) is 2.54. The Labute approximate surface area is 145 Å². The Hall–Kier alpha value is -0.580. The quantitative estimate of drug-likeness (QED) is 0.179. The van der Waals surface area contributed by atoms with Crippen molar-refractivity contribution in [2.45, 2.75) is 77.0 Å². The van der Waals surface area contributed by atoms with Crippen LogP contribution in [0.3, 0.4) is 0 Å². The molecule has 0 N–H and O–H groups in total. The fourth-order valence-electron chi connectivity index (χ4n) is 2.26. The fraction of sp³-hybridized carbons (Fsp3) is 0.778. The molecule has 4 heteroatoms. The summed E-state index contributed by atoms with van der Waals surface area (Å²) in [6.07, 6.45) is 19.9. The largest absolute Gasteiger partial charge is 0.185 e. The minimum absolute atomic E-state index is 0.994. The van der Waals surface area contributed by atoms with Crippen LogP contribution in [-0.2, 0) is 0 Å². The van der Waals surface area contributed by atoms with Crippen LogP contribution < -0.4 is 0 Å². The lowest BCUT2D eigenvalue weighted by atomic mass is 10.1. The Morgan fingerprint density at radius 3 is 1.32 bits per heavy atom. The number of unbranched alkanes of at least 4 members (excludes halogenated alkanes) is 10. The van der Waals surface area contributed by atoms with Gasteiger partial charge in [-0.3, -0.25) is 0 Å². The van der Waals surface area contributed by atoms with Crippen molar-refractivity contribution in [3.8, 4) is 10.8 Å². The van der Waals surface area contributed by atoms with Gasteiger partial charge in [-0.05, 0) is 62.0 Å². The molecule has 0 saturated carbocycles. The number of thiocyanates is 2. The van der Waals surface area contributed by atoms with Gasteiger partial charge in [0.25, 0.3) is 0 Å². The summed E-state index contributed by atoms with van der Waals surface area (Å²) in [5, 5.41) is 21.0. The van der Waals surface area contributed by atoms with E-state index in [4.69, 9.17) is 10.5 Å². The summed E-state index contributed by atoms with van der Waals surface area (Å²) in [5.74, 6) is 1.99. The summed E-state index contributed by atoms with van der Waals surface area (Å²) in [7, 11) is 0. The monoisotopic (exact) mass is 338 g/mol. The topological polar surface area (TPSA) is 47.6 Å². The second-order valence-electron chi connectivity index (χ2n) is 5.46. The van der Waals surface area contributed by atoms with Crippen molar-refractivity contribution in [2.24, 2.45) is 0 Å². The normalized spacial score (nSPS) is 10.6. The van der Waals surface area contributed by atoms with Crippen molar-refractivity contribution in [1.82, 2.24) is 0 Å². The molecule has 0 aliphatic heterocycles. The van der Waals surface area contributed by atoms with Gasteiger partial charge in [0.2, 0.25) is 0 Å². The van der Waals surface area contributed by atoms with E-state index in [2.05, 4.69) is 23.0 Å². The van der Waals surface area contributed by atoms with E-state index in [9.17, 15) is 0 Å². The van der Waals surface area contributed by atoms with Crippen molar-refractivity contribution in [1.29, 1.82) is 10.5 Å². The first-order valence-electron chi connectivity index (χ1n) is 8.58. The number of rotatable bonds is 16. The zero-order chi connectivity index (χ0) is 16.1. The van der Waals surface area contributed by atoms with Crippen molar-refractivity contribution in [3.63, 3.8) is 0 Å². The highest BCUT2D eigenvalue weighted by molar-refractivity contribution is 8.03. The average molecular weight is 339 g/mol. The molecule has 0 amide bonds. The van der Waals surface area contributed by atoms with Crippen molar-refractivity contribution in [2.75, 3.05) is 11.5 Å². The lowest BCUT2D eigenvalue weighted by Gasteiger charge is -1.99. The van der Waals surface area contributed by atoms with Crippen LogP contribution in [0.5, 0.6) is 0 Å². The van der Waals surface area contributed by atoms with Gasteiger partial charge >= 0.3 is 0 Å². The summed E-state index contributed by atoms with van der Waals surface area (Å²) in [6, 6.07) is 0. The Morgan fingerprint density at radius 2 is 0.909 bits per heavy atom. The second kappa shape index (κ2) is 20.4. The molecule has 0 radical (unpaired) electrons. The van der Waals surface area contributed by atoms with E-state index in [0.29, 0.717) is 0 Å². The van der Waals surface area contributed by atoms with Crippen LogP contribution in [0.15, 0.2) is 12.2 Å². The van der Waals surface area contributed by atoms with Crippen LogP contribution in [0.4, 0.5) is 0 Å². The molecule has 0 rings (SSSR count). The molecule has 0 fully saturated rings. The van der Waals surface area contributed by atoms with Crippen LogP contribution in [0.1, 0.15) is 77.0 Å². The second-order valence-corrected chi connectivity index (χ2v) is 7.22. The number of hydrogen-bond acceptors (Lipinski definition) is 4. The fourth-order valence-corrected chi connectivity index (χ4v) is 3.14. The maximum absolute atomic E-state index is 8.40. The standard InChI is InChI=1S/C18H30N2S2/c19-17-21-15-13-11-9-7-5-3-1-2-4-6-8-10-12-14-16-22-18-20/h1-2H,3-16H2/b2-1-. The van der Waals surface area contributed by atoms with Crippen molar-refractivity contribution < 1.29 is 0 Å². The summed E-state index contributed by atoms with van der Waals surface area (Å²) >= 11 is 2.75. The Kier molecular flexibility index (Phi) is 19.9. The highest BCUT2D eigenvalue weighted by atomic mass is 32.2. The smallest absolute Gasteiger partial charge is 0.133 e. The minimum Gasteiger partial charge on any atom is -0.185 e. The van der Waals surface area contributed by atoms with E-state index in [0.717, 1.165) is 11.5 Å². The number of thioether (sulfide) groups is 2. The van der Waals surface area contributed by atoms with Gasteiger partial charge in [-0.1, -0.05) is 50.7 Å². The third-order valence-electron chi connectivity index (χ3n) is 3.53. The van der Waals surface area contributed by atoms with E-state index in [1.807, 2.05) is 0 Å². The van der Waals surface area contributed by atoms with E-state index in [-0.39, 0.29) is 0 Å². The molecule has 0 aromatic carbocycles. The Balaban J connectivity index is 3.06. The van der Waals surface area contributed by atoms with Crippen LogP contribution in [-0.4, -0.2) is 11.5 Å². The molecule has 124 valence electrons. The first-order chi connectivity index (χ1) is 10.9. The van der Waals surface area contributed by atoms with Gasteiger partial charge in [0.05, 0.1) is 0 Å². The van der Waals surface area contributed by atoms with Crippen LogP contribution in [0, 0.1) is 21.3 Å². The van der Waals surface area contributed by atoms with Gasteiger partial charge in [-0.2, -0.15) is 10.5 Å². The van der Waals surface area contributed by atoms with Gasteiger partial charge in [-0.15, -0.1) is 0 Å². The SMILES string of the molecule is N#CSCCCCCCC/C=C\CCCCCCCSC#N. The third kappa shape index (κ3) is 19.4. The lowest BCUT2D eigenvalue weighted by Crippen LogP contribution is -1.82. The predicted octanol–water partition coefficient (Wildman–Crippen LogP) is 6.65. The summed E-state index contributed by atoms with van der Waals surface area (Å²) in [4.78, 5) is 0. The van der Waals surface area contributed by atoms with Crippen LogP contribution in [0.2, 0.25) is 0 Å². The number of nitriles is 2. The molecule has 0 spiro atoms. The number of hydrogen-bond donors (Lipinski definition) is 0. The summed E-state index contributed by atoms with van der Waals surface area (Å²) in [5.41, 5.74) is 0. The van der Waals surface area contributed by atoms with Crippen molar-refractivity contribution >= 4 is 23.5 Å². The molecular formula is C18H30N2S2. The molecule has 22 heavy (non-hydrogen) atoms. The van der Waals surface area contributed by atoms with Crippen molar-refractivity contribution in [3.05, 3.63) is 12.2 Å². The molecule has 0 unspecified atom stereocenters. The van der Waals surface area contributed by atoms with Gasteiger partial charge in [0, 0.05) is 11.5 Å². The minimum atomic E-state index is 0.994. The molecule has 2 nitrogen and oxygen atoms in total. The number of nitrogens with zero attached hydrogens (tertiary/aromatic N) is 2. The maximum Gasteiger partial charge on any atom is 0.133 e. The zero-order valence-electron chi connectivity index (χ0n) is 13.8. The van der Waals surface area contributed by atoms with Crippen LogP contribution in [0.25, 0.3) is 0 Å². The van der Waals surface area contributed by atoms with E-state index < -0.39 is 0 Å². The van der Waals surface area contributed by atoms with E-state index in [1.165, 1.54) is 101 Å². The lowest BCUT2D eigenvalue weighted by molar-refractivity contribution is 0.633. The number of allylic oxidation sites excluding steroid dienone is 2. The van der Waals surface area contributed by atoms with Gasteiger partial charge in [0.1, 0.15) is 10.8 Å². The molecular weight excluding hydrogens is 308 g/mol. The molecule has 0 aliphatic rings. The molecule has 0 heterocycles. The van der Waals surface area contributed by atoms with E-state index >= 15 is 0 Å². The molecule has 0 saturated heterocycles. The molecule has 0 aromatic rings. The molecule has 0 aliphatic carbocycles. The maximum atomic E-state index is 8.40. The molecule has 0 bridgehead atoms. The highest BCUT2D eigenvalue weighted by Gasteiger charge is 1.92. The Bertz CT molecular complexity index is 297. The zero-order valence-corrected chi connectivity index (χ0v) is 15.4. The van der Waals surface area contributed by atoms with Crippen LogP contribution >= 0.6 is 23.5 Å². The summed E-state index contributed by atoms with van der Waals surface area (Å²) < 4.78 is 0. The summed E-state index contributed by atoms with van der Waals surface area (Å²) in [6.45, 7) is 0. The highest BCUT2D eigenvalue weighted by Crippen LogP contribution is 2.11. The van der Waals surface area contributed by atoms with Gasteiger partial charge in [-0.25, -0.2) is 0 Å². The third-order valence-corrected chi connectivity index (χ3v) is 4.77. The predicted molar refractivity (Wildman–Crippen MR) is 101 cm³/mol. The first-order valence-corrected chi connectivity index (χ1v) is 10.6. The van der Waals surface area contributed by atoms with Gasteiger partial charge in [0.15, 0.2) is 0 Å². The molecule has 0 atom stereocenters. The molecule has 0 aromatic heterocycles.